The molecule has 144 valence electrons. The highest BCUT2D eigenvalue weighted by molar-refractivity contribution is 6.30. The Hall–Kier alpha value is -1.46. The zero-order valence-corrected chi connectivity index (χ0v) is 16.2. The van der Waals surface area contributed by atoms with Crippen LogP contribution in [0, 0.1) is 5.82 Å². The highest BCUT2D eigenvalue weighted by atomic mass is 35.5. The van der Waals surface area contributed by atoms with E-state index in [9.17, 15) is 9.50 Å². The van der Waals surface area contributed by atoms with Gasteiger partial charge in [-0.2, -0.15) is 0 Å². The summed E-state index contributed by atoms with van der Waals surface area (Å²) in [5, 5.41) is 12.2. The van der Waals surface area contributed by atoms with Crippen LogP contribution in [-0.4, -0.2) is 47.1 Å². The molecule has 0 amide bonds. The van der Waals surface area contributed by atoms with Gasteiger partial charge in [0.25, 0.3) is 0 Å². The number of hydrogen-bond donors (Lipinski definition) is 1. The normalized spacial score (nSPS) is 27.1. The molecule has 0 bridgehead atoms. The summed E-state index contributed by atoms with van der Waals surface area (Å²) in [6, 6.07) is 14.7. The minimum absolute atomic E-state index is 0.0124. The third kappa shape index (κ3) is 3.90. The van der Waals surface area contributed by atoms with Gasteiger partial charge in [-0.3, -0.25) is 9.80 Å². The van der Waals surface area contributed by atoms with Crippen LogP contribution in [-0.2, 0) is 12.1 Å². The van der Waals surface area contributed by atoms with Crippen molar-refractivity contribution in [3.63, 3.8) is 0 Å². The van der Waals surface area contributed by atoms with Crippen molar-refractivity contribution in [1.82, 2.24) is 9.80 Å². The molecule has 1 N–H and O–H groups in total. The predicted molar refractivity (Wildman–Crippen MR) is 106 cm³/mol. The van der Waals surface area contributed by atoms with Crippen LogP contribution < -0.4 is 0 Å². The van der Waals surface area contributed by atoms with Gasteiger partial charge in [-0.05, 0) is 56.1 Å². The Kier molecular flexibility index (Phi) is 5.51. The van der Waals surface area contributed by atoms with E-state index in [0.29, 0.717) is 23.6 Å². The first-order valence-electron chi connectivity index (χ1n) is 9.74. The summed E-state index contributed by atoms with van der Waals surface area (Å²) in [4.78, 5) is 4.66. The highest BCUT2D eigenvalue weighted by Crippen LogP contribution is 2.37. The molecule has 0 radical (unpaired) electrons. The number of halogens is 2. The molecule has 3 nitrogen and oxygen atoms in total. The van der Waals surface area contributed by atoms with Crippen LogP contribution in [0.3, 0.4) is 0 Å². The van der Waals surface area contributed by atoms with E-state index in [2.05, 4.69) is 9.80 Å². The van der Waals surface area contributed by atoms with Crippen molar-refractivity contribution in [1.29, 1.82) is 0 Å². The van der Waals surface area contributed by atoms with Crippen LogP contribution in [0.1, 0.15) is 30.4 Å². The van der Waals surface area contributed by atoms with E-state index in [-0.39, 0.29) is 11.9 Å². The summed E-state index contributed by atoms with van der Waals surface area (Å²) in [7, 11) is 0. The Balaban J connectivity index is 1.58. The lowest BCUT2D eigenvalue weighted by Gasteiger charge is -2.48. The van der Waals surface area contributed by atoms with Crippen LogP contribution in [0.4, 0.5) is 4.39 Å². The van der Waals surface area contributed by atoms with E-state index in [1.54, 1.807) is 12.1 Å². The molecule has 0 saturated carbocycles. The quantitative estimate of drug-likeness (QED) is 0.856. The van der Waals surface area contributed by atoms with Crippen molar-refractivity contribution in [2.24, 2.45) is 0 Å². The van der Waals surface area contributed by atoms with E-state index < -0.39 is 5.60 Å². The number of rotatable bonds is 4. The maximum atomic E-state index is 14.2. The largest absolute Gasteiger partial charge is 0.383 e. The van der Waals surface area contributed by atoms with Gasteiger partial charge in [0, 0.05) is 30.2 Å². The number of hydrogen-bond acceptors (Lipinski definition) is 3. The SMILES string of the molecule is O[C@]1(c2ccccc2)CCN(Cc2cc(Cl)ccc2F)C[C@H]1N1CCCC1. The van der Waals surface area contributed by atoms with Crippen LogP contribution in [0.25, 0.3) is 0 Å². The smallest absolute Gasteiger partial charge is 0.127 e. The first-order chi connectivity index (χ1) is 13.1. The van der Waals surface area contributed by atoms with E-state index in [0.717, 1.165) is 31.7 Å². The second-order valence-electron chi connectivity index (χ2n) is 7.77. The third-order valence-electron chi connectivity index (χ3n) is 6.05. The lowest BCUT2D eigenvalue weighted by molar-refractivity contribution is -0.0960. The van der Waals surface area contributed by atoms with Gasteiger partial charge in [0.05, 0.1) is 6.04 Å². The number of nitrogens with zero attached hydrogens (tertiary/aromatic N) is 2. The third-order valence-corrected chi connectivity index (χ3v) is 6.28. The average Bonchev–Trinajstić information content (AvgIpc) is 3.21. The van der Waals surface area contributed by atoms with Crippen LogP contribution >= 0.6 is 11.6 Å². The maximum absolute atomic E-state index is 14.2. The molecule has 27 heavy (non-hydrogen) atoms. The molecule has 2 fully saturated rings. The van der Waals surface area contributed by atoms with Gasteiger partial charge >= 0.3 is 0 Å². The van der Waals surface area contributed by atoms with E-state index in [4.69, 9.17) is 11.6 Å². The highest BCUT2D eigenvalue weighted by Gasteiger charge is 2.46. The molecule has 2 aliphatic heterocycles. The summed E-state index contributed by atoms with van der Waals surface area (Å²) in [5.74, 6) is -0.221. The van der Waals surface area contributed by atoms with Crippen molar-refractivity contribution in [2.45, 2.75) is 37.5 Å². The van der Waals surface area contributed by atoms with Crippen LogP contribution in [0.5, 0.6) is 0 Å². The van der Waals surface area contributed by atoms with Crippen LogP contribution in [0.15, 0.2) is 48.5 Å². The van der Waals surface area contributed by atoms with E-state index >= 15 is 0 Å². The minimum Gasteiger partial charge on any atom is -0.383 e. The number of aliphatic hydroxyl groups is 1. The summed E-state index contributed by atoms with van der Waals surface area (Å²) < 4.78 is 14.2. The van der Waals surface area contributed by atoms with Crippen molar-refractivity contribution in [2.75, 3.05) is 26.2 Å². The Bertz CT molecular complexity index is 781. The zero-order valence-electron chi connectivity index (χ0n) is 15.5. The summed E-state index contributed by atoms with van der Waals surface area (Å²) in [6.07, 6.45) is 2.98. The molecule has 2 heterocycles. The predicted octanol–water partition coefficient (Wildman–Crippen LogP) is 4.04. The fraction of sp³-hybridized carbons (Fsp3) is 0.455. The van der Waals surface area contributed by atoms with Crippen molar-refractivity contribution in [3.05, 3.63) is 70.5 Å². The van der Waals surface area contributed by atoms with Gasteiger partial charge in [0.15, 0.2) is 0 Å². The molecule has 2 aromatic carbocycles. The monoisotopic (exact) mass is 388 g/mol. The molecule has 0 unspecified atom stereocenters. The summed E-state index contributed by atoms with van der Waals surface area (Å²) in [6.45, 7) is 3.99. The molecule has 0 aliphatic carbocycles. The molecule has 2 aromatic rings. The van der Waals surface area contributed by atoms with Crippen molar-refractivity contribution >= 4 is 11.6 Å². The molecule has 2 saturated heterocycles. The zero-order chi connectivity index (χ0) is 18.9. The molecule has 4 rings (SSSR count). The molecular formula is C22H26ClFN2O. The Morgan fingerprint density at radius 1 is 1.07 bits per heavy atom. The maximum Gasteiger partial charge on any atom is 0.127 e. The lowest BCUT2D eigenvalue weighted by Crippen LogP contribution is -2.60. The number of piperidine rings is 1. The Labute approximate surface area is 165 Å². The summed E-state index contributed by atoms with van der Waals surface area (Å²) >= 11 is 6.06. The molecule has 2 atom stereocenters. The first-order valence-corrected chi connectivity index (χ1v) is 10.1. The van der Waals surface area contributed by atoms with Gasteiger partial charge in [-0.25, -0.2) is 4.39 Å². The van der Waals surface area contributed by atoms with Gasteiger partial charge in [0.1, 0.15) is 11.4 Å². The standard InChI is InChI=1S/C22H26ClFN2O/c23-19-8-9-20(24)17(14-19)15-25-13-10-22(27,18-6-2-1-3-7-18)21(16-25)26-11-4-5-12-26/h1-3,6-9,14,21,27H,4-5,10-13,15-16H2/t21-,22+/m1/s1. The summed E-state index contributed by atoms with van der Waals surface area (Å²) in [5.41, 5.74) is 0.734. The molecule has 2 aliphatic rings. The second kappa shape index (κ2) is 7.88. The average molecular weight is 389 g/mol. The molecule has 0 spiro atoms. The Morgan fingerprint density at radius 3 is 2.56 bits per heavy atom. The minimum atomic E-state index is -0.866. The Morgan fingerprint density at radius 2 is 1.81 bits per heavy atom. The molecule has 5 heteroatoms. The van der Waals surface area contributed by atoms with Crippen molar-refractivity contribution < 1.29 is 9.50 Å². The topological polar surface area (TPSA) is 26.7 Å². The molecule has 0 aromatic heterocycles. The fourth-order valence-corrected chi connectivity index (χ4v) is 4.76. The van der Waals surface area contributed by atoms with Gasteiger partial charge in [-0.1, -0.05) is 41.9 Å². The van der Waals surface area contributed by atoms with Gasteiger partial charge in [0.2, 0.25) is 0 Å². The van der Waals surface area contributed by atoms with E-state index in [1.165, 1.54) is 18.9 Å². The molecular weight excluding hydrogens is 363 g/mol. The first kappa shape index (κ1) is 18.9. The number of benzene rings is 2. The second-order valence-corrected chi connectivity index (χ2v) is 8.21. The van der Waals surface area contributed by atoms with Gasteiger partial charge < -0.3 is 5.11 Å². The van der Waals surface area contributed by atoms with E-state index in [1.807, 2.05) is 30.3 Å². The van der Waals surface area contributed by atoms with Crippen molar-refractivity contribution in [3.8, 4) is 0 Å². The van der Waals surface area contributed by atoms with Crippen LogP contribution in [0.2, 0.25) is 5.02 Å². The number of likely N-dealkylation sites (tertiary alicyclic amines) is 2. The fourth-order valence-electron chi connectivity index (χ4n) is 4.57. The van der Waals surface area contributed by atoms with Gasteiger partial charge in [-0.15, -0.1) is 0 Å². The lowest BCUT2D eigenvalue weighted by atomic mass is 9.79.